The van der Waals surface area contributed by atoms with Crippen LogP contribution in [0.5, 0.6) is 0 Å². The summed E-state index contributed by atoms with van der Waals surface area (Å²) in [6.07, 6.45) is 7.86. The Hall–Kier alpha value is 0.270. The first-order valence-corrected chi connectivity index (χ1v) is 8.05. The van der Waals surface area contributed by atoms with Crippen LogP contribution in [0.25, 0.3) is 0 Å². The third-order valence-electron chi connectivity index (χ3n) is 4.07. The van der Waals surface area contributed by atoms with Crippen molar-refractivity contribution in [3.63, 3.8) is 0 Å². The van der Waals surface area contributed by atoms with E-state index in [0.29, 0.717) is 6.04 Å². The summed E-state index contributed by atoms with van der Waals surface area (Å²) in [7, 11) is 0. The average molecular weight is 242 g/mol. The molecule has 2 rings (SSSR count). The quantitative estimate of drug-likeness (QED) is 0.821. The third kappa shape index (κ3) is 3.14. The molecule has 2 nitrogen and oxygen atoms in total. The van der Waals surface area contributed by atoms with Gasteiger partial charge < -0.3 is 5.73 Å². The predicted molar refractivity (Wildman–Crippen MR) is 73.0 cm³/mol. The molecule has 0 aromatic rings. The molecule has 94 valence electrons. The van der Waals surface area contributed by atoms with E-state index in [1.165, 1.54) is 56.6 Å². The summed E-state index contributed by atoms with van der Waals surface area (Å²) in [5.41, 5.74) is 6.00. The van der Waals surface area contributed by atoms with Crippen molar-refractivity contribution in [3.8, 4) is 0 Å². The topological polar surface area (TPSA) is 29.3 Å². The maximum atomic E-state index is 6.00. The van der Waals surface area contributed by atoms with E-state index < -0.39 is 0 Å². The summed E-state index contributed by atoms with van der Waals surface area (Å²) < 4.78 is 0. The summed E-state index contributed by atoms with van der Waals surface area (Å²) in [6.45, 7) is 3.61. The summed E-state index contributed by atoms with van der Waals surface area (Å²) in [6, 6.07) is 2.19. The van der Waals surface area contributed by atoms with E-state index >= 15 is 0 Å². The zero-order valence-corrected chi connectivity index (χ0v) is 11.3. The lowest BCUT2D eigenvalue weighted by Crippen LogP contribution is -2.46. The summed E-state index contributed by atoms with van der Waals surface area (Å²) in [4.78, 5) is 2.81. The highest BCUT2D eigenvalue weighted by Crippen LogP contribution is 2.29. The van der Waals surface area contributed by atoms with Crippen LogP contribution in [-0.4, -0.2) is 41.1 Å². The van der Waals surface area contributed by atoms with Gasteiger partial charge in [0.25, 0.3) is 0 Å². The normalized spacial score (nSPS) is 35.8. The molecule has 1 unspecified atom stereocenters. The summed E-state index contributed by atoms with van der Waals surface area (Å²) in [5.74, 6) is 2.74. The highest BCUT2D eigenvalue weighted by atomic mass is 32.2. The van der Waals surface area contributed by atoms with Gasteiger partial charge in [-0.25, -0.2) is 0 Å². The van der Waals surface area contributed by atoms with Crippen LogP contribution < -0.4 is 5.73 Å². The maximum absolute atomic E-state index is 6.00. The van der Waals surface area contributed by atoms with Gasteiger partial charge in [0.05, 0.1) is 0 Å². The van der Waals surface area contributed by atoms with Gasteiger partial charge in [-0.2, -0.15) is 11.8 Å². The van der Waals surface area contributed by atoms with Gasteiger partial charge in [0.2, 0.25) is 0 Å². The fourth-order valence-corrected chi connectivity index (χ4v) is 4.37. The Labute approximate surface area is 104 Å². The highest BCUT2D eigenvalue weighted by molar-refractivity contribution is 7.99. The lowest BCUT2D eigenvalue weighted by Gasteiger charge is -2.39. The molecule has 2 N–H and O–H groups in total. The van der Waals surface area contributed by atoms with E-state index in [-0.39, 0.29) is 0 Å². The zero-order chi connectivity index (χ0) is 11.4. The molecule has 1 heterocycles. The molecular weight excluding hydrogens is 216 g/mol. The zero-order valence-electron chi connectivity index (χ0n) is 10.5. The van der Waals surface area contributed by atoms with Crippen LogP contribution in [0.4, 0.5) is 0 Å². The van der Waals surface area contributed by atoms with Crippen LogP contribution in [0.3, 0.4) is 0 Å². The van der Waals surface area contributed by atoms with Gasteiger partial charge in [-0.15, -0.1) is 0 Å². The van der Waals surface area contributed by atoms with Crippen LogP contribution in [0.2, 0.25) is 0 Å². The van der Waals surface area contributed by atoms with Crippen LogP contribution in [0, 0.1) is 0 Å². The first-order valence-electron chi connectivity index (χ1n) is 6.90. The fourth-order valence-electron chi connectivity index (χ4n) is 3.14. The Morgan fingerprint density at radius 1 is 1.12 bits per heavy atom. The van der Waals surface area contributed by atoms with Crippen molar-refractivity contribution >= 4 is 11.8 Å². The second kappa shape index (κ2) is 6.27. The predicted octanol–water partition coefficient (Wildman–Crippen LogP) is 2.47. The number of hydrogen-bond donors (Lipinski definition) is 1. The van der Waals surface area contributed by atoms with Crippen molar-refractivity contribution in [2.45, 2.75) is 63.6 Å². The number of rotatable bonds is 4. The molecule has 3 heteroatoms. The average Bonchev–Trinajstić information content (AvgIpc) is 2.81. The number of nitrogens with two attached hydrogens (primary N) is 1. The molecule has 2 fully saturated rings. The molecule has 1 aliphatic carbocycles. The third-order valence-corrected chi connectivity index (χ3v) is 5.21. The van der Waals surface area contributed by atoms with Crippen molar-refractivity contribution in [2.75, 3.05) is 18.1 Å². The number of hydrogen-bond acceptors (Lipinski definition) is 3. The molecule has 0 amide bonds. The van der Waals surface area contributed by atoms with E-state index in [9.17, 15) is 0 Å². The van der Waals surface area contributed by atoms with Crippen LogP contribution in [-0.2, 0) is 0 Å². The molecular formula is C13H26N2S. The Kier molecular flexibility index (Phi) is 4.98. The molecule has 0 bridgehead atoms. The molecule has 16 heavy (non-hydrogen) atoms. The minimum Gasteiger partial charge on any atom is -0.328 e. The SMILES string of the molecule is CCCN(C1CCC(N)CC1)C1CCSC1. The Morgan fingerprint density at radius 3 is 2.44 bits per heavy atom. The number of thioether (sulfide) groups is 1. The van der Waals surface area contributed by atoms with Crippen molar-refractivity contribution < 1.29 is 0 Å². The van der Waals surface area contributed by atoms with Crippen molar-refractivity contribution in [3.05, 3.63) is 0 Å². The molecule has 0 radical (unpaired) electrons. The van der Waals surface area contributed by atoms with E-state index in [0.717, 1.165) is 12.1 Å². The van der Waals surface area contributed by atoms with Gasteiger partial charge in [-0.05, 0) is 50.8 Å². The second-order valence-corrected chi connectivity index (χ2v) is 6.47. The summed E-state index contributed by atoms with van der Waals surface area (Å²) in [5, 5.41) is 0. The fraction of sp³-hybridized carbons (Fsp3) is 1.00. The number of nitrogens with zero attached hydrogens (tertiary/aromatic N) is 1. The van der Waals surface area contributed by atoms with Gasteiger partial charge in [-0.3, -0.25) is 4.90 Å². The Balaban J connectivity index is 1.90. The molecule has 0 aromatic carbocycles. The summed E-state index contributed by atoms with van der Waals surface area (Å²) >= 11 is 2.13. The largest absolute Gasteiger partial charge is 0.328 e. The first-order chi connectivity index (χ1) is 7.81. The van der Waals surface area contributed by atoms with E-state index in [2.05, 4.69) is 23.6 Å². The van der Waals surface area contributed by atoms with Crippen LogP contribution in [0.1, 0.15) is 45.4 Å². The molecule has 1 saturated carbocycles. The van der Waals surface area contributed by atoms with E-state index in [1.54, 1.807) is 0 Å². The Bertz CT molecular complexity index is 196. The highest BCUT2D eigenvalue weighted by Gasteiger charge is 2.30. The Morgan fingerprint density at radius 2 is 1.88 bits per heavy atom. The van der Waals surface area contributed by atoms with Crippen molar-refractivity contribution in [1.82, 2.24) is 4.90 Å². The molecule has 1 atom stereocenters. The smallest absolute Gasteiger partial charge is 0.0197 e. The molecule has 1 saturated heterocycles. The van der Waals surface area contributed by atoms with Gasteiger partial charge >= 0.3 is 0 Å². The molecule has 2 aliphatic rings. The minimum absolute atomic E-state index is 0.484. The van der Waals surface area contributed by atoms with Gasteiger partial charge in [0.15, 0.2) is 0 Å². The van der Waals surface area contributed by atoms with Crippen LogP contribution in [0.15, 0.2) is 0 Å². The first kappa shape index (κ1) is 12.7. The van der Waals surface area contributed by atoms with E-state index in [1.807, 2.05) is 0 Å². The minimum atomic E-state index is 0.484. The second-order valence-electron chi connectivity index (χ2n) is 5.32. The van der Waals surface area contributed by atoms with Gasteiger partial charge in [0, 0.05) is 23.9 Å². The maximum Gasteiger partial charge on any atom is 0.0197 e. The molecule has 0 aromatic heterocycles. The van der Waals surface area contributed by atoms with Crippen molar-refractivity contribution in [1.29, 1.82) is 0 Å². The molecule has 0 spiro atoms. The van der Waals surface area contributed by atoms with Gasteiger partial charge in [0.1, 0.15) is 0 Å². The standard InChI is InChI=1S/C13H26N2S/c1-2-8-15(13-7-9-16-10-13)12-5-3-11(14)4-6-12/h11-13H,2-10,14H2,1H3. The lowest BCUT2D eigenvalue weighted by atomic mass is 9.89. The molecule has 1 aliphatic heterocycles. The monoisotopic (exact) mass is 242 g/mol. The van der Waals surface area contributed by atoms with E-state index in [4.69, 9.17) is 5.73 Å². The van der Waals surface area contributed by atoms with Crippen molar-refractivity contribution in [2.24, 2.45) is 5.73 Å². The van der Waals surface area contributed by atoms with Gasteiger partial charge in [-0.1, -0.05) is 6.92 Å². The van der Waals surface area contributed by atoms with Crippen LogP contribution >= 0.6 is 11.8 Å². The lowest BCUT2D eigenvalue weighted by molar-refractivity contribution is 0.110.